The van der Waals surface area contributed by atoms with Gasteiger partial charge >= 0.3 is 12.2 Å². The van der Waals surface area contributed by atoms with Gasteiger partial charge in [-0.3, -0.25) is 0 Å². The van der Waals surface area contributed by atoms with E-state index in [-0.39, 0.29) is 10.7 Å². The van der Waals surface area contributed by atoms with Crippen molar-refractivity contribution in [2.24, 2.45) is 0 Å². The number of carbonyl (C=O) groups is 1. The van der Waals surface area contributed by atoms with Crippen LogP contribution in [0.3, 0.4) is 0 Å². The van der Waals surface area contributed by atoms with Crippen LogP contribution >= 0.6 is 11.6 Å². The molecule has 0 aliphatic carbocycles. The lowest BCUT2D eigenvalue weighted by molar-refractivity contribution is -0.137. The molecule has 0 unspecified atom stereocenters. The van der Waals surface area contributed by atoms with Crippen molar-refractivity contribution in [3.05, 3.63) is 28.8 Å². The van der Waals surface area contributed by atoms with Crippen LogP contribution in [0.4, 0.5) is 23.7 Å². The van der Waals surface area contributed by atoms with E-state index in [2.05, 4.69) is 5.32 Å². The smallest absolute Gasteiger partial charge is 0.393 e. The number of anilines is 1. The van der Waals surface area contributed by atoms with E-state index < -0.39 is 23.9 Å². The summed E-state index contributed by atoms with van der Waals surface area (Å²) >= 11 is 5.81. The molecule has 0 saturated carbocycles. The second kappa shape index (κ2) is 6.11. The minimum Gasteiger partial charge on any atom is -0.393 e. The second-order valence-electron chi connectivity index (χ2n) is 4.84. The van der Waals surface area contributed by atoms with Gasteiger partial charge < -0.3 is 15.3 Å². The van der Waals surface area contributed by atoms with Gasteiger partial charge in [0.2, 0.25) is 0 Å². The molecule has 2 amide bonds. The lowest BCUT2D eigenvalue weighted by Crippen LogP contribution is -2.42. The summed E-state index contributed by atoms with van der Waals surface area (Å²) < 4.78 is 37.9. The Balaban J connectivity index is 2.10. The zero-order valence-corrected chi connectivity index (χ0v) is 11.7. The van der Waals surface area contributed by atoms with Gasteiger partial charge in [0.1, 0.15) is 0 Å². The summed E-state index contributed by atoms with van der Waals surface area (Å²) in [6.45, 7) is 0.702. The molecule has 1 aliphatic heterocycles. The lowest BCUT2D eigenvalue weighted by Gasteiger charge is -2.29. The number of amides is 2. The molecule has 1 heterocycles. The third-order valence-electron chi connectivity index (χ3n) is 3.29. The number of halogens is 4. The molecule has 2 rings (SSSR count). The van der Waals surface area contributed by atoms with Crippen molar-refractivity contribution in [1.29, 1.82) is 0 Å². The van der Waals surface area contributed by atoms with E-state index in [1.165, 1.54) is 4.90 Å². The fourth-order valence-electron chi connectivity index (χ4n) is 2.06. The van der Waals surface area contributed by atoms with Crippen LogP contribution in [0.5, 0.6) is 0 Å². The number of hydrogen-bond donors (Lipinski definition) is 2. The highest BCUT2D eigenvalue weighted by Gasteiger charge is 2.31. The first kappa shape index (κ1) is 15.9. The number of nitrogens with one attached hydrogen (secondary N) is 1. The molecule has 1 aromatic rings. The quantitative estimate of drug-likeness (QED) is 0.833. The molecule has 4 nitrogen and oxygen atoms in total. The number of alkyl halides is 3. The maximum absolute atomic E-state index is 12.6. The number of carbonyl (C=O) groups excluding carboxylic acids is 1. The third kappa shape index (κ3) is 4.01. The van der Waals surface area contributed by atoms with Gasteiger partial charge in [0.05, 0.1) is 22.4 Å². The molecule has 1 fully saturated rings. The normalized spacial score (nSPS) is 16.9. The van der Waals surface area contributed by atoms with Crippen LogP contribution in [0.25, 0.3) is 0 Å². The molecule has 1 aromatic carbocycles. The number of aliphatic hydroxyl groups excluding tert-OH is 1. The van der Waals surface area contributed by atoms with Gasteiger partial charge in [0.25, 0.3) is 0 Å². The Hall–Kier alpha value is -1.47. The lowest BCUT2D eigenvalue weighted by atomic mass is 10.1. The van der Waals surface area contributed by atoms with E-state index in [9.17, 15) is 23.1 Å². The van der Waals surface area contributed by atoms with Gasteiger partial charge in [0, 0.05) is 13.1 Å². The first-order chi connectivity index (χ1) is 9.77. The average molecular weight is 323 g/mol. The zero-order chi connectivity index (χ0) is 15.6. The summed E-state index contributed by atoms with van der Waals surface area (Å²) in [6, 6.07) is 2.23. The number of urea groups is 1. The number of likely N-dealkylation sites (tertiary alicyclic amines) is 1. The van der Waals surface area contributed by atoms with Gasteiger partial charge in [-0.25, -0.2) is 4.79 Å². The van der Waals surface area contributed by atoms with E-state index in [0.717, 1.165) is 18.2 Å². The van der Waals surface area contributed by atoms with Crippen LogP contribution in [0.2, 0.25) is 5.02 Å². The van der Waals surface area contributed by atoms with E-state index in [0.29, 0.717) is 25.9 Å². The maximum atomic E-state index is 12.6. The van der Waals surface area contributed by atoms with Gasteiger partial charge in [-0.15, -0.1) is 0 Å². The highest BCUT2D eigenvalue weighted by atomic mass is 35.5. The predicted octanol–water partition coefficient (Wildman–Crippen LogP) is 3.35. The molecular weight excluding hydrogens is 309 g/mol. The molecular formula is C13H14ClF3N2O2. The summed E-state index contributed by atoms with van der Waals surface area (Å²) in [5.41, 5.74) is -0.959. The maximum Gasteiger partial charge on any atom is 0.416 e. The van der Waals surface area contributed by atoms with Crippen molar-refractivity contribution in [2.75, 3.05) is 18.4 Å². The Bertz CT molecular complexity index is 529. The van der Waals surface area contributed by atoms with Crippen molar-refractivity contribution in [3.8, 4) is 0 Å². The SMILES string of the molecule is O=C(Nc1cc(C(F)(F)F)ccc1Cl)N1CCC(O)CC1. The summed E-state index contributed by atoms with van der Waals surface area (Å²) in [6.07, 6.45) is -4.04. The minimum absolute atomic E-state index is 0.0356. The highest BCUT2D eigenvalue weighted by molar-refractivity contribution is 6.33. The van der Waals surface area contributed by atoms with Crippen LogP contribution in [0.1, 0.15) is 18.4 Å². The third-order valence-corrected chi connectivity index (χ3v) is 3.62. The molecule has 1 aliphatic rings. The average Bonchev–Trinajstić information content (AvgIpc) is 2.40. The van der Waals surface area contributed by atoms with Crippen LogP contribution in [0, 0.1) is 0 Å². The molecule has 0 radical (unpaired) electrons. The minimum atomic E-state index is -4.50. The Morgan fingerprint density at radius 3 is 2.52 bits per heavy atom. The molecule has 8 heteroatoms. The number of hydrogen-bond acceptors (Lipinski definition) is 2. The van der Waals surface area contributed by atoms with Crippen LogP contribution < -0.4 is 5.32 Å². The molecule has 0 atom stereocenters. The van der Waals surface area contributed by atoms with Crippen LogP contribution in [-0.4, -0.2) is 35.2 Å². The van der Waals surface area contributed by atoms with Crippen molar-refractivity contribution >= 4 is 23.3 Å². The van der Waals surface area contributed by atoms with Gasteiger partial charge in [-0.1, -0.05) is 11.6 Å². The zero-order valence-electron chi connectivity index (χ0n) is 11.0. The summed E-state index contributed by atoms with van der Waals surface area (Å²) in [5.74, 6) is 0. The Morgan fingerprint density at radius 2 is 1.95 bits per heavy atom. The second-order valence-corrected chi connectivity index (χ2v) is 5.25. The molecule has 0 aromatic heterocycles. The summed E-state index contributed by atoms with van der Waals surface area (Å²) in [5, 5.41) is 11.8. The van der Waals surface area contributed by atoms with Gasteiger partial charge in [0.15, 0.2) is 0 Å². The van der Waals surface area contributed by atoms with Gasteiger partial charge in [-0.05, 0) is 31.0 Å². The van der Waals surface area contributed by atoms with Crippen LogP contribution in [0.15, 0.2) is 18.2 Å². The summed E-state index contributed by atoms with van der Waals surface area (Å²) in [7, 11) is 0. The predicted molar refractivity (Wildman–Crippen MR) is 72.3 cm³/mol. The molecule has 2 N–H and O–H groups in total. The Labute approximate surface area is 124 Å². The molecule has 116 valence electrons. The van der Waals surface area contributed by atoms with Crippen molar-refractivity contribution in [1.82, 2.24) is 4.90 Å². The number of aliphatic hydroxyl groups is 1. The van der Waals surface area contributed by atoms with Crippen molar-refractivity contribution in [2.45, 2.75) is 25.1 Å². The first-order valence-corrected chi connectivity index (χ1v) is 6.76. The Morgan fingerprint density at radius 1 is 1.33 bits per heavy atom. The number of piperidine rings is 1. The fraction of sp³-hybridized carbons (Fsp3) is 0.462. The highest BCUT2D eigenvalue weighted by Crippen LogP contribution is 2.34. The van der Waals surface area contributed by atoms with Crippen molar-refractivity contribution in [3.63, 3.8) is 0 Å². The molecule has 1 saturated heterocycles. The largest absolute Gasteiger partial charge is 0.416 e. The van der Waals surface area contributed by atoms with Crippen molar-refractivity contribution < 1.29 is 23.1 Å². The van der Waals surface area contributed by atoms with E-state index in [1.54, 1.807) is 0 Å². The summed E-state index contributed by atoms with van der Waals surface area (Å²) in [4.78, 5) is 13.4. The van der Waals surface area contributed by atoms with E-state index in [4.69, 9.17) is 11.6 Å². The molecule has 0 bridgehead atoms. The fourth-order valence-corrected chi connectivity index (χ4v) is 2.23. The molecule has 21 heavy (non-hydrogen) atoms. The number of benzene rings is 1. The number of nitrogens with zero attached hydrogens (tertiary/aromatic N) is 1. The standard InChI is InChI=1S/C13H14ClF3N2O2/c14-10-2-1-8(13(15,16)17)7-11(10)18-12(21)19-5-3-9(20)4-6-19/h1-2,7,9,20H,3-6H2,(H,18,21). The van der Waals surface area contributed by atoms with Gasteiger partial charge in [-0.2, -0.15) is 13.2 Å². The van der Waals surface area contributed by atoms with E-state index >= 15 is 0 Å². The molecule has 0 spiro atoms. The topological polar surface area (TPSA) is 52.6 Å². The Kier molecular flexibility index (Phi) is 4.63. The number of rotatable bonds is 1. The monoisotopic (exact) mass is 322 g/mol. The first-order valence-electron chi connectivity index (χ1n) is 6.38. The van der Waals surface area contributed by atoms with Crippen LogP contribution in [-0.2, 0) is 6.18 Å². The van der Waals surface area contributed by atoms with E-state index in [1.807, 2.05) is 0 Å².